The lowest BCUT2D eigenvalue weighted by Gasteiger charge is -2.23. The molecule has 0 saturated carbocycles. The maximum Gasteiger partial charge on any atom is 0.335 e. The zero-order chi connectivity index (χ0) is 32.3. The minimum Gasteiger partial charge on any atom is -0.478 e. The van der Waals surface area contributed by atoms with Crippen LogP contribution in [0.2, 0.25) is 0 Å². The first-order chi connectivity index (χ1) is 22.9. The number of anilines is 3. The van der Waals surface area contributed by atoms with Crippen LogP contribution in [-0.4, -0.2) is 37.1 Å². The number of benzene rings is 2. The van der Waals surface area contributed by atoms with Crippen LogP contribution in [0.4, 0.5) is 16.4 Å². The highest BCUT2D eigenvalue weighted by Crippen LogP contribution is 2.44. The van der Waals surface area contributed by atoms with Crippen molar-refractivity contribution in [2.24, 2.45) is 0 Å². The van der Waals surface area contributed by atoms with Gasteiger partial charge in [-0.2, -0.15) is 0 Å². The van der Waals surface area contributed by atoms with Crippen LogP contribution in [0.1, 0.15) is 20.7 Å². The number of carboxylic acids is 2. The van der Waals surface area contributed by atoms with Crippen LogP contribution in [0.5, 0.6) is 0 Å². The molecule has 0 saturated heterocycles. The molecule has 0 unspecified atom stereocenters. The van der Waals surface area contributed by atoms with Gasteiger partial charge < -0.3 is 15.1 Å². The lowest BCUT2D eigenvalue weighted by molar-refractivity contribution is 0.0686. The number of para-hydroxylation sites is 2. The third-order valence-electron chi connectivity index (χ3n) is 7.34. The van der Waals surface area contributed by atoms with Crippen LogP contribution in [0.15, 0.2) is 134 Å². The van der Waals surface area contributed by atoms with E-state index in [1.165, 1.54) is 30.5 Å². The second-order valence-electron chi connectivity index (χ2n) is 10.4. The second-order valence-corrected chi connectivity index (χ2v) is 12.6. The molecule has 0 radical (unpaired) electrons. The van der Waals surface area contributed by atoms with E-state index in [9.17, 15) is 19.8 Å². The fourth-order valence-corrected chi connectivity index (χ4v) is 7.25. The molecule has 2 N–H and O–H groups in total. The van der Waals surface area contributed by atoms with E-state index >= 15 is 0 Å². The van der Waals surface area contributed by atoms with E-state index in [2.05, 4.69) is 68.4 Å². The van der Waals surface area contributed by atoms with Gasteiger partial charge in [-0.1, -0.05) is 36.4 Å². The summed E-state index contributed by atoms with van der Waals surface area (Å²) in [4.78, 5) is 42.4. The van der Waals surface area contributed by atoms with Crippen molar-refractivity contribution in [1.29, 1.82) is 0 Å². The molecule has 5 heterocycles. The van der Waals surface area contributed by atoms with Gasteiger partial charge in [-0.25, -0.2) is 14.6 Å². The third kappa shape index (κ3) is 6.28. The molecule has 0 aliphatic heterocycles. The lowest BCUT2D eigenvalue weighted by atomic mass is 10.1. The molecule has 0 aliphatic carbocycles. The molecule has 5 aromatic heterocycles. The second kappa shape index (κ2) is 12.8. The van der Waals surface area contributed by atoms with E-state index in [1.54, 1.807) is 28.9 Å². The minimum absolute atomic E-state index is 0.00769. The summed E-state index contributed by atoms with van der Waals surface area (Å²) in [7, 11) is 0. The van der Waals surface area contributed by atoms with Gasteiger partial charge in [0, 0.05) is 38.4 Å². The Morgan fingerprint density at radius 1 is 0.532 bits per heavy atom. The largest absolute Gasteiger partial charge is 0.478 e. The molecule has 7 aromatic rings. The Kier molecular flexibility index (Phi) is 8.09. The first kappa shape index (κ1) is 29.7. The van der Waals surface area contributed by atoms with Crippen LogP contribution in [0, 0.1) is 0 Å². The molecule has 47 heavy (non-hydrogen) atoms. The number of aromatic nitrogens is 3. The third-order valence-corrected chi connectivity index (χ3v) is 9.74. The van der Waals surface area contributed by atoms with Crippen LogP contribution in [0.25, 0.3) is 43.0 Å². The number of hydrogen-bond donors (Lipinski definition) is 2. The van der Waals surface area contributed by atoms with Gasteiger partial charge in [-0.05, 0) is 90.5 Å². The van der Waals surface area contributed by atoms with Crippen molar-refractivity contribution < 1.29 is 19.8 Å². The zero-order valence-corrected chi connectivity index (χ0v) is 26.2. The summed E-state index contributed by atoms with van der Waals surface area (Å²) in [5.74, 6) is -2.26. The van der Waals surface area contributed by atoms with Gasteiger partial charge in [0.25, 0.3) is 0 Å². The van der Waals surface area contributed by atoms with Gasteiger partial charge in [0.2, 0.25) is 0 Å². The first-order valence-electron chi connectivity index (χ1n) is 14.4. The summed E-state index contributed by atoms with van der Waals surface area (Å²) < 4.78 is 0. The number of pyridine rings is 3. The molecule has 0 atom stereocenters. The summed E-state index contributed by atoms with van der Waals surface area (Å²) in [6.45, 7) is 0. The van der Waals surface area contributed by atoms with E-state index in [1.807, 2.05) is 48.5 Å². The average Bonchev–Trinajstić information content (AvgIpc) is 3.80. The Balaban J connectivity index is 1.21. The number of aromatic carboxylic acids is 2. The Morgan fingerprint density at radius 2 is 1.06 bits per heavy atom. The van der Waals surface area contributed by atoms with Gasteiger partial charge >= 0.3 is 11.9 Å². The number of hydrogen-bond acceptors (Lipinski definition) is 8. The predicted molar refractivity (Wildman–Crippen MR) is 186 cm³/mol. The van der Waals surface area contributed by atoms with Gasteiger partial charge in [0.05, 0.1) is 33.9 Å². The van der Waals surface area contributed by atoms with E-state index in [4.69, 9.17) is 0 Å². The van der Waals surface area contributed by atoms with E-state index in [-0.39, 0.29) is 22.5 Å². The summed E-state index contributed by atoms with van der Waals surface area (Å²) in [6.07, 6.45) is 3.03. The van der Waals surface area contributed by atoms with Crippen molar-refractivity contribution in [1.82, 2.24) is 15.0 Å². The van der Waals surface area contributed by atoms with Crippen LogP contribution in [-0.2, 0) is 0 Å². The number of thiophene rings is 2. The molecule has 0 bridgehead atoms. The Labute approximate surface area is 277 Å². The highest BCUT2D eigenvalue weighted by atomic mass is 32.1. The normalized spacial score (nSPS) is 10.9. The maximum absolute atomic E-state index is 12.0. The molecule has 0 spiro atoms. The van der Waals surface area contributed by atoms with Crippen LogP contribution >= 0.6 is 22.7 Å². The van der Waals surface area contributed by atoms with Crippen molar-refractivity contribution in [3.8, 4) is 43.0 Å². The Bertz CT molecular complexity index is 2190. The molecule has 0 amide bonds. The molecule has 8 nitrogen and oxygen atoms in total. The Morgan fingerprint density at radius 3 is 1.70 bits per heavy atom. The molecule has 0 aliphatic rings. The molecule has 228 valence electrons. The zero-order valence-electron chi connectivity index (χ0n) is 24.5. The smallest absolute Gasteiger partial charge is 0.335 e. The van der Waals surface area contributed by atoms with Crippen molar-refractivity contribution in [2.45, 2.75) is 0 Å². The molecular weight excluding hydrogens is 629 g/mol. The standard InChI is InChI=1S/C37H24N4O4S2/c42-36(43)24-16-18-39-29(20-24)31-22-25(37(44)45)21-30(40-31)28-19-23(15-17-38-28)32-11-12-33(46-32)34-13-14-35(47-34)41(26-7-3-1-4-8-26)27-9-5-2-6-10-27/h1-22H,(H,42,43)(H,44,45). The maximum atomic E-state index is 12.0. The minimum atomic E-state index is -1.14. The summed E-state index contributed by atoms with van der Waals surface area (Å²) in [5, 5.41) is 20.3. The van der Waals surface area contributed by atoms with Gasteiger partial charge in [-0.15, -0.1) is 22.7 Å². The number of carboxylic acid groups (broad SMARTS) is 2. The number of carbonyl (C=O) groups is 2. The van der Waals surface area contributed by atoms with Crippen LogP contribution < -0.4 is 4.90 Å². The van der Waals surface area contributed by atoms with Crippen LogP contribution in [0.3, 0.4) is 0 Å². The van der Waals surface area contributed by atoms with Crippen molar-refractivity contribution >= 4 is 51.0 Å². The summed E-state index contributed by atoms with van der Waals surface area (Å²) in [6, 6.07) is 38.4. The topological polar surface area (TPSA) is 117 Å². The molecule has 7 rings (SSSR count). The van der Waals surface area contributed by atoms with Crippen molar-refractivity contribution in [3.63, 3.8) is 0 Å². The highest BCUT2D eigenvalue weighted by Gasteiger charge is 2.18. The van der Waals surface area contributed by atoms with Gasteiger partial charge in [0.15, 0.2) is 0 Å². The van der Waals surface area contributed by atoms with E-state index in [0.29, 0.717) is 11.4 Å². The first-order valence-corrected chi connectivity index (χ1v) is 16.1. The number of nitrogens with zero attached hydrogens (tertiary/aromatic N) is 4. The number of rotatable bonds is 9. The molecular formula is C37H24N4O4S2. The van der Waals surface area contributed by atoms with Gasteiger partial charge in [-0.3, -0.25) is 9.97 Å². The Hall–Kier alpha value is -5.97. The van der Waals surface area contributed by atoms with E-state index < -0.39 is 11.9 Å². The quantitative estimate of drug-likeness (QED) is 0.158. The van der Waals surface area contributed by atoms with Crippen molar-refractivity contribution in [2.75, 3.05) is 4.90 Å². The summed E-state index contributed by atoms with van der Waals surface area (Å²) in [5.41, 5.74) is 4.40. The summed E-state index contributed by atoms with van der Waals surface area (Å²) >= 11 is 3.37. The molecule has 2 aromatic carbocycles. The fraction of sp³-hybridized carbons (Fsp3) is 0. The average molecular weight is 653 g/mol. The molecule has 0 fully saturated rings. The lowest BCUT2D eigenvalue weighted by Crippen LogP contribution is -2.07. The molecule has 10 heteroatoms. The predicted octanol–water partition coefficient (Wildman–Crippen LogP) is 9.53. The SMILES string of the molecule is O=C(O)c1ccnc(-c2cc(C(=O)O)cc(-c3cc(-c4ccc(-c5ccc(N(c6ccccc6)c6ccccc6)s5)s4)ccn3)n2)c1. The van der Waals surface area contributed by atoms with Gasteiger partial charge in [0.1, 0.15) is 5.00 Å². The monoisotopic (exact) mass is 652 g/mol. The fourth-order valence-electron chi connectivity index (χ4n) is 5.11. The van der Waals surface area contributed by atoms with E-state index in [0.717, 1.165) is 36.6 Å². The highest BCUT2D eigenvalue weighted by molar-refractivity contribution is 7.25. The van der Waals surface area contributed by atoms with Crippen molar-refractivity contribution in [3.05, 3.63) is 145 Å².